The molecule has 2 atom stereocenters. The van der Waals surface area contributed by atoms with E-state index in [0.717, 1.165) is 49.3 Å². The third-order valence-electron chi connectivity index (χ3n) is 4.93. The molecule has 2 unspecified atom stereocenters. The standard InChI is InChI=1S/C17H20ClN3O/c18-11-3-4-14-13(9-11)12-5-7-19-15(16(12)21-14)8-10-2-1-6-20-17(10)22/h3-4,9-10,15,19,21H,1-2,5-8H2,(H,20,22). The van der Waals surface area contributed by atoms with E-state index in [1.165, 1.54) is 16.6 Å². The zero-order valence-corrected chi connectivity index (χ0v) is 13.2. The molecule has 4 nitrogen and oxygen atoms in total. The molecular weight excluding hydrogens is 298 g/mol. The molecule has 1 amide bonds. The molecule has 3 heterocycles. The summed E-state index contributed by atoms with van der Waals surface area (Å²) in [6.45, 7) is 1.77. The van der Waals surface area contributed by atoms with Crippen molar-refractivity contribution in [1.82, 2.24) is 15.6 Å². The second-order valence-electron chi connectivity index (χ2n) is 6.33. The molecule has 3 N–H and O–H groups in total. The normalized spacial score (nSPS) is 25.0. The summed E-state index contributed by atoms with van der Waals surface area (Å²) in [5, 5.41) is 8.56. The lowest BCUT2D eigenvalue weighted by Crippen LogP contribution is -2.39. The molecule has 4 rings (SSSR count). The summed E-state index contributed by atoms with van der Waals surface area (Å²) in [5.74, 6) is 0.325. The van der Waals surface area contributed by atoms with Gasteiger partial charge in [-0.25, -0.2) is 0 Å². The number of aromatic nitrogens is 1. The first-order valence-corrected chi connectivity index (χ1v) is 8.41. The Morgan fingerprint density at radius 1 is 1.27 bits per heavy atom. The second-order valence-corrected chi connectivity index (χ2v) is 6.77. The highest BCUT2D eigenvalue weighted by Crippen LogP contribution is 2.35. The van der Waals surface area contributed by atoms with Gasteiger partial charge in [-0.2, -0.15) is 0 Å². The smallest absolute Gasteiger partial charge is 0.223 e. The van der Waals surface area contributed by atoms with Crippen LogP contribution in [0.3, 0.4) is 0 Å². The van der Waals surface area contributed by atoms with Crippen molar-refractivity contribution in [2.75, 3.05) is 13.1 Å². The summed E-state index contributed by atoms with van der Waals surface area (Å²) in [4.78, 5) is 15.6. The van der Waals surface area contributed by atoms with E-state index < -0.39 is 0 Å². The van der Waals surface area contributed by atoms with E-state index in [9.17, 15) is 4.79 Å². The van der Waals surface area contributed by atoms with E-state index in [0.29, 0.717) is 0 Å². The summed E-state index contributed by atoms with van der Waals surface area (Å²) in [7, 11) is 0. The highest BCUT2D eigenvalue weighted by Gasteiger charge is 2.30. The zero-order chi connectivity index (χ0) is 15.1. The molecule has 5 heteroatoms. The van der Waals surface area contributed by atoms with Gasteiger partial charge >= 0.3 is 0 Å². The molecule has 2 aliphatic rings. The molecular formula is C17H20ClN3O. The minimum Gasteiger partial charge on any atom is -0.357 e. The van der Waals surface area contributed by atoms with Crippen LogP contribution in [0.25, 0.3) is 10.9 Å². The number of H-pyrrole nitrogens is 1. The number of carbonyl (C=O) groups is 1. The Morgan fingerprint density at radius 3 is 3.05 bits per heavy atom. The lowest BCUT2D eigenvalue weighted by molar-refractivity contribution is -0.127. The Balaban J connectivity index is 1.67. The van der Waals surface area contributed by atoms with E-state index in [1.807, 2.05) is 18.2 Å². The maximum absolute atomic E-state index is 12.0. The third-order valence-corrected chi connectivity index (χ3v) is 5.17. The Hall–Kier alpha value is -1.52. The minimum absolute atomic E-state index is 0.118. The summed E-state index contributed by atoms with van der Waals surface area (Å²) < 4.78 is 0. The lowest BCUT2D eigenvalue weighted by Gasteiger charge is -2.29. The fourth-order valence-corrected chi connectivity index (χ4v) is 4.00. The van der Waals surface area contributed by atoms with E-state index >= 15 is 0 Å². The van der Waals surface area contributed by atoms with Gasteiger partial charge < -0.3 is 15.6 Å². The van der Waals surface area contributed by atoms with Crippen LogP contribution in [0.15, 0.2) is 18.2 Å². The van der Waals surface area contributed by atoms with Crippen molar-refractivity contribution >= 4 is 28.4 Å². The number of nitrogens with one attached hydrogen (secondary N) is 3. The molecule has 2 aromatic rings. The predicted octanol–water partition coefficient (Wildman–Crippen LogP) is 2.92. The van der Waals surface area contributed by atoms with Crippen LogP contribution in [0.5, 0.6) is 0 Å². The number of carbonyl (C=O) groups excluding carboxylic acids is 1. The van der Waals surface area contributed by atoms with Crippen LogP contribution in [0, 0.1) is 5.92 Å². The SMILES string of the molecule is O=C1NCCCC1CC1NCCc2c1[nH]c1ccc(Cl)cc21. The molecule has 1 fully saturated rings. The van der Waals surface area contributed by atoms with Crippen LogP contribution < -0.4 is 10.6 Å². The monoisotopic (exact) mass is 317 g/mol. The fourth-order valence-electron chi connectivity index (χ4n) is 3.83. The Labute approximate surface area is 134 Å². The van der Waals surface area contributed by atoms with Crippen LogP contribution in [0.2, 0.25) is 5.02 Å². The van der Waals surface area contributed by atoms with E-state index in [1.54, 1.807) is 0 Å². The number of halogens is 1. The third kappa shape index (κ3) is 2.40. The highest BCUT2D eigenvalue weighted by molar-refractivity contribution is 6.31. The maximum atomic E-state index is 12.0. The van der Waals surface area contributed by atoms with Crippen LogP contribution in [0.1, 0.15) is 36.6 Å². The van der Waals surface area contributed by atoms with Gasteiger partial charge in [0.25, 0.3) is 0 Å². The largest absolute Gasteiger partial charge is 0.357 e. The van der Waals surface area contributed by atoms with Crippen molar-refractivity contribution in [3.8, 4) is 0 Å². The van der Waals surface area contributed by atoms with Crippen molar-refractivity contribution in [3.05, 3.63) is 34.5 Å². The Kier molecular flexibility index (Phi) is 3.59. The molecule has 1 saturated heterocycles. The topological polar surface area (TPSA) is 56.9 Å². The van der Waals surface area contributed by atoms with Crippen LogP contribution in [-0.4, -0.2) is 24.0 Å². The molecule has 116 valence electrons. The molecule has 22 heavy (non-hydrogen) atoms. The number of amides is 1. The number of piperidine rings is 1. The summed E-state index contributed by atoms with van der Waals surface area (Å²) >= 11 is 6.15. The van der Waals surface area contributed by atoms with E-state index in [-0.39, 0.29) is 17.9 Å². The van der Waals surface area contributed by atoms with Crippen LogP contribution in [0.4, 0.5) is 0 Å². The first kappa shape index (κ1) is 14.1. The Bertz CT molecular complexity index is 724. The van der Waals surface area contributed by atoms with Gasteiger partial charge in [0.05, 0.1) is 0 Å². The van der Waals surface area contributed by atoms with Crippen molar-refractivity contribution in [2.24, 2.45) is 5.92 Å². The van der Waals surface area contributed by atoms with Crippen LogP contribution in [-0.2, 0) is 11.2 Å². The summed E-state index contributed by atoms with van der Waals surface area (Å²) in [6.07, 6.45) is 3.94. The van der Waals surface area contributed by atoms with Crippen molar-refractivity contribution in [3.63, 3.8) is 0 Å². The average molecular weight is 318 g/mol. The summed E-state index contributed by atoms with van der Waals surface area (Å²) in [5.41, 5.74) is 3.73. The number of hydrogen-bond donors (Lipinski definition) is 3. The number of hydrogen-bond acceptors (Lipinski definition) is 2. The summed E-state index contributed by atoms with van der Waals surface area (Å²) in [6, 6.07) is 6.23. The van der Waals surface area contributed by atoms with Crippen molar-refractivity contribution in [1.29, 1.82) is 0 Å². The minimum atomic E-state index is 0.118. The fraction of sp³-hybridized carbons (Fsp3) is 0.471. The van der Waals surface area contributed by atoms with E-state index in [4.69, 9.17) is 11.6 Å². The number of rotatable bonds is 2. The first-order chi connectivity index (χ1) is 10.7. The predicted molar refractivity (Wildman–Crippen MR) is 88.1 cm³/mol. The maximum Gasteiger partial charge on any atom is 0.223 e. The van der Waals surface area contributed by atoms with Gasteiger partial charge in [0.1, 0.15) is 0 Å². The van der Waals surface area contributed by atoms with E-state index in [2.05, 4.69) is 15.6 Å². The molecule has 0 aliphatic carbocycles. The molecule has 0 radical (unpaired) electrons. The molecule has 0 bridgehead atoms. The highest BCUT2D eigenvalue weighted by atomic mass is 35.5. The number of fused-ring (bicyclic) bond motifs is 3. The van der Waals surface area contributed by atoms with Gasteiger partial charge in [-0.1, -0.05) is 11.6 Å². The van der Waals surface area contributed by atoms with Gasteiger partial charge in [0.2, 0.25) is 5.91 Å². The van der Waals surface area contributed by atoms with Gasteiger partial charge in [0, 0.05) is 40.1 Å². The van der Waals surface area contributed by atoms with Gasteiger partial charge in [0.15, 0.2) is 0 Å². The molecule has 2 aliphatic heterocycles. The number of aromatic amines is 1. The van der Waals surface area contributed by atoms with Crippen LogP contribution >= 0.6 is 11.6 Å². The lowest BCUT2D eigenvalue weighted by atomic mass is 9.87. The molecule has 1 aromatic heterocycles. The van der Waals surface area contributed by atoms with Gasteiger partial charge in [-0.3, -0.25) is 4.79 Å². The quantitative estimate of drug-likeness (QED) is 0.797. The first-order valence-electron chi connectivity index (χ1n) is 8.03. The molecule has 1 aromatic carbocycles. The molecule has 0 spiro atoms. The average Bonchev–Trinajstić information content (AvgIpc) is 2.89. The zero-order valence-electron chi connectivity index (χ0n) is 12.4. The Morgan fingerprint density at radius 2 is 2.18 bits per heavy atom. The van der Waals surface area contributed by atoms with Crippen molar-refractivity contribution < 1.29 is 4.79 Å². The number of benzene rings is 1. The van der Waals surface area contributed by atoms with Gasteiger partial charge in [-0.05, 0) is 56.0 Å². The second kappa shape index (κ2) is 5.60. The van der Waals surface area contributed by atoms with Crippen molar-refractivity contribution in [2.45, 2.75) is 31.7 Å². The van der Waals surface area contributed by atoms with Gasteiger partial charge in [-0.15, -0.1) is 0 Å². The molecule has 0 saturated carbocycles.